The van der Waals surface area contributed by atoms with E-state index in [1.807, 2.05) is 6.92 Å². The SMILES string of the molecule is CCCC(NC)C(=O)C(=O)NCC(=O)NC(C(N)=O)c1ccccc1. The fraction of sp³-hybridized carbons (Fsp3) is 0.412. The molecule has 0 fully saturated rings. The summed E-state index contributed by atoms with van der Waals surface area (Å²) in [6.07, 6.45) is 1.26. The fourth-order valence-electron chi connectivity index (χ4n) is 2.28. The molecule has 0 aromatic heterocycles. The van der Waals surface area contributed by atoms with Crippen molar-refractivity contribution in [1.82, 2.24) is 16.0 Å². The maximum Gasteiger partial charge on any atom is 0.289 e. The van der Waals surface area contributed by atoms with E-state index < -0.39 is 42.1 Å². The van der Waals surface area contributed by atoms with Crippen LogP contribution in [0, 0.1) is 0 Å². The van der Waals surface area contributed by atoms with Gasteiger partial charge in [-0.15, -0.1) is 0 Å². The third kappa shape index (κ3) is 6.34. The molecule has 5 N–H and O–H groups in total. The number of hydrogen-bond acceptors (Lipinski definition) is 5. The number of benzene rings is 1. The number of primary amides is 1. The van der Waals surface area contributed by atoms with Crippen molar-refractivity contribution in [3.8, 4) is 0 Å². The Balaban J connectivity index is 2.59. The van der Waals surface area contributed by atoms with E-state index >= 15 is 0 Å². The molecule has 25 heavy (non-hydrogen) atoms. The molecule has 0 bridgehead atoms. The first-order valence-electron chi connectivity index (χ1n) is 8.03. The number of rotatable bonds is 10. The van der Waals surface area contributed by atoms with Gasteiger partial charge >= 0.3 is 0 Å². The summed E-state index contributed by atoms with van der Waals surface area (Å²) in [5.41, 5.74) is 5.84. The van der Waals surface area contributed by atoms with Crippen molar-refractivity contribution in [2.24, 2.45) is 5.73 Å². The molecule has 0 aliphatic carbocycles. The summed E-state index contributed by atoms with van der Waals surface area (Å²) in [6.45, 7) is 1.47. The number of carbonyl (C=O) groups is 4. The Morgan fingerprint density at radius 3 is 2.28 bits per heavy atom. The largest absolute Gasteiger partial charge is 0.368 e. The van der Waals surface area contributed by atoms with Crippen LogP contribution in [-0.2, 0) is 19.2 Å². The van der Waals surface area contributed by atoms with Crippen molar-refractivity contribution in [2.75, 3.05) is 13.6 Å². The third-order valence-electron chi connectivity index (χ3n) is 3.60. The molecule has 1 rings (SSSR count). The second-order valence-electron chi connectivity index (χ2n) is 5.49. The number of likely N-dealkylation sites (N-methyl/N-ethyl adjacent to an activating group) is 1. The Morgan fingerprint density at radius 1 is 1.12 bits per heavy atom. The summed E-state index contributed by atoms with van der Waals surface area (Å²) >= 11 is 0. The molecular formula is C17H24N4O4. The first-order chi connectivity index (χ1) is 11.9. The maximum atomic E-state index is 12.0. The van der Waals surface area contributed by atoms with E-state index in [-0.39, 0.29) is 0 Å². The number of hydrogen-bond donors (Lipinski definition) is 4. The second-order valence-corrected chi connectivity index (χ2v) is 5.49. The van der Waals surface area contributed by atoms with Gasteiger partial charge in [-0.2, -0.15) is 0 Å². The van der Waals surface area contributed by atoms with Gasteiger partial charge in [-0.25, -0.2) is 0 Å². The van der Waals surface area contributed by atoms with Crippen molar-refractivity contribution in [3.05, 3.63) is 35.9 Å². The van der Waals surface area contributed by atoms with Crippen molar-refractivity contribution < 1.29 is 19.2 Å². The lowest BCUT2D eigenvalue weighted by atomic mass is 10.1. The van der Waals surface area contributed by atoms with Gasteiger partial charge in [0, 0.05) is 0 Å². The smallest absolute Gasteiger partial charge is 0.289 e. The number of Topliss-reactive ketones (excluding diaryl/α,β-unsaturated/α-hetero) is 1. The van der Waals surface area contributed by atoms with E-state index in [0.717, 1.165) is 6.42 Å². The summed E-state index contributed by atoms with van der Waals surface area (Å²) in [7, 11) is 1.59. The molecular weight excluding hydrogens is 324 g/mol. The van der Waals surface area contributed by atoms with Gasteiger partial charge in [-0.1, -0.05) is 43.7 Å². The van der Waals surface area contributed by atoms with Gasteiger partial charge < -0.3 is 21.7 Å². The average molecular weight is 348 g/mol. The van der Waals surface area contributed by atoms with Gasteiger partial charge in [-0.3, -0.25) is 19.2 Å². The molecule has 0 saturated carbocycles. The molecule has 0 radical (unpaired) electrons. The van der Waals surface area contributed by atoms with Gasteiger partial charge in [0.1, 0.15) is 6.04 Å². The van der Waals surface area contributed by atoms with E-state index in [1.54, 1.807) is 37.4 Å². The number of ketones is 1. The molecule has 0 aliphatic heterocycles. The molecule has 0 aliphatic rings. The zero-order valence-corrected chi connectivity index (χ0v) is 14.4. The van der Waals surface area contributed by atoms with Crippen LogP contribution in [0.3, 0.4) is 0 Å². The Labute approximate surface area is 146 Å². The Bertz CT molecular complexity index is 618. The molecule has 2 unspecified atom stereocenters. The lowest BCUT2D eigenvalue weighted by molar-refractivity contribution is -0.139. The fourth-order valence-corrected chi connectivity index (χ4v) is 2.28. The van der Waals surface area contributed by atoms with Crippen LogP contribution in [0.1, 0.15) is 31.4 Å². The Kier molecular flexibility index (Phi) is 8.28. The van der Waals surface area contributed by atoms with E-state index in [4.69, 9.17) is 5.73 Å². The molecule has 8 nitrogen and oxygen atoms in total. The first kappa shape index (κ1) is 20.3. The minimum Gasteiger partial charge on any atom is -0.368 e. The van der Waals surface area contributed by atoms with Crippen LogP contribution in [0.2, 0.25) is 0 Å². The van der Waals surface area contributed by atoms with E-state index in [9.17, 15) is 19.2 Å². The normalized spacial score (nSPS) is 12.7. The highest BCUT2D eigenvalue weighted by molar-refractivity contribution is 6.38. The van der Waals surface area contributed by atoms with Crippen molar-refractivity contribution in [2.45, 2.75) is 31.8 Å². The molecule has 0 heterocycles. The monoisotopic (exact) mass is 348 g/mol. The van der Waals surface area contributed by atoms with Crippen LogP contribution in [0.25, 0.3) is 0 Å². The minimum absolute atomic E-state index is 0.427. The Morgan fingerprint density at radius 2 is 1.76 bits per heavy atom. The molecule has 1 aromatic carbocycles. The second kappa shape index (κ2) is 10.2. The standard InChI is InChI=1S/C17H24N4O4/c1-3-7-12(19-2)15(23)17(25)20-10-13(22)21-14(16(18)24)11-8-5-4-6-9-11/h4-6,8-9,12,14,19H,3,7,10H2,1-2H3,(H2,18,24)(H,20,25)(H,21,22). The molecule has 0 spiro atoms. The molecule has 2 atom stereocenters. The predicted molar refractivity (Wildman–Crippen MR) is 92.3 cm³/mol. The number of carbonyl (C=O) groups excluding carboxylic acids is 4. The third-order valence-corrected chi connectivity index (χ3v) is 3.60. The van der Waals surface area contributed by atoms with Crippen LogP contribution in [0.4, 0.5) is 0 Å². The van der Waals surface area contributed by atoms with Gasteiger partial charge in [0.2, 0.25) is 17.6 Å². The zero-order chi connectivity index (χ0) is 18.8. The van der Waals surface area contributed by atoms with E-state index in [2.05, 4.69) is 16.0 Å². The number of nitrogens with one attached hydrogen (secondary N) is 3. The zero-order valence-electron chi connectivity index (χ0n) is 14.4. The summed E-state index contributed by atoms with van der Waals surface area (Å²) in [4.78, 5) is 47.3. The average Bonchev–Trinajstić information content (AvgIpc) is 2.62. The van der Waals surface area contributed by atoms with Crippen LogP contribution in [-0.4, -0.2) is 43.1 Å². The molecule has 1 aromatic rings. The number of amides is 3. The topological polar surface area (TPSA) is 130 Å². The van der Waals surface area contributed by atoms with Crippen molar-refractivity contribution in [3.63, 3.8) is 0 Å². The first-order valence-corrected chi connectivity index (χ1v) is 8.03. The summed E-state index contributed by atoms with van der Waals surface area (Å²) < 4.78 is 0. The highest BCUT2D eigenvalue weighted by atomic mass is 16.2. The van der Waals surface area contributed by atoms with E-state index in [0.29, 0.717) is 12.0 Å². The lowest BCUT2D eigenvalue weighted by Gasteiger charge is -2.17. The van der Waals surface area contributed by atoms with Crippen LogP contribution in [0.15, 0.2) is 30.3 Å². The van der Waals surface area contributed by atoms with Gasteiger partial charge in [0.05, 0.1) is 12.6 Å². The predicted octanol–water partition coefficient (Wildman–Crippen LogP) is -0.597. The molecule has 3 amide bonds. The Hall–Kier alpha value is -2.74. The van der Waals surface area contributed by atoms with Crippen LogP contribution >= 0.6 is 0 Å². The maximum absolute atomic E-state index is 12.0. The summed E-state index contributed by atoms with van der Waals surface area (Å²) in [6, 6.07) is 6.90. The van der Waals surface area contributed by atoms with Crippen molar-refractivity contribution in [1.29, 1.82) is 0 Å². The molecule has 136 valence electrons. The van der Waals surface area contributed by atoms with Crippen molar-refractivity contribution >= 4 is 23.5 Å². The van der Waals surface area contributed by atoms with Crippen LogP contribution < -0.4 is 21.7 Å². The highest BCUT2D eigenvalue weighted by Crippen LogP contribution is 2.11. The van der Waals surface area contributed by atoms with E-state index in [1.165, 1.54) is 0 Å². The van der Waals surface area contributed by atoms with Gasteiger partial charge in [0.15, 0.2) is 0 Å². The number of nitrogens with two attached hydrogens (primary N) is 1. The summed E-state index contributed by atoms with van der Waals surface area (Å²) in [5.74, 6) is -2.82. The summed E-state index contributed by atoms with van der Waals surface area (Å²) in [5, 5.41) is 7.47. The molecule has 8 heteroatoms. The lowest BCUT2D eigenvalue weighted by Crippen LogP contribution is -2.48. The van der Waals surface area contributed by atoms with Crippen LogP contribution in [0.5, 0.6) is 0 Å². The molecule has 0 saturated heterocycles. The minimum atomic E-state index is -1.01. The highest BCUT2D eigenvalue weighted by Gasteiger charge is 2.24. The van der Waals surface area contributed by atoms with Gasteiger partial charge in [-0.05, 0) is 19.0 Å². The quantitative estimate of drug-likeness (QED) is 0.420. The van der Waals surface area contributed by atoms with Gasteiger partial charge in [0.25, 0.3) is 5.91 Å².